The third-order valence-electron chi connectivity index (χ3n) is 3.65. The number of halogens is 5. The molecule has 1 atom stereocenters. The van der Waals surface area contributed by atoms with E-state index in [4.69, 9.17) is 0 Å². The van der Waals surface area contributed by atoms with Crippen LogP contribution in [0.4, 0.5) is 27.6 Å². The molecular weight excluding hydrogens is 373 g/mol. The monoisotopic (exact) mass is 391 g/mol. The summed E-state index contributed by atoms with van der Waals surface area (Å²) in [5.74, 6) is -0.215. The van der Waals surface area contributed by atoms with Crippen LogP contribution in [0.3, 0.4) is 0 Å². The van der Waals surface area contributed by atoms with Crippen LogP contribution < -0.4 is 4.90 Å². The number of benzene rings is 2. The molecule has 0 saturated carbocycles. The molecule has 0 aliphatic carbocycles. The van der Waals surface area contributed by atoms with E-state index in [1.165, 1.54) is 36.0 Å². The third kappa shape index (κ3) is 6.49. The highest BCUT2D eigenvalue weighted by atomic mass is 32.2. The van der Waals surface area contributed by atoms with Crippen LogP contribution in [0.5, 0.6) is 0 Å². The first-order valence-electron chi connectivity index (χ1n) is 7.80. The van der Waals surface area contributed by atoms with E-state index in [0.29, 0.717) is 5.75 Å². The molecule has 0 amide bonds. The molecule has 0 unspecified atom stereocenters. The van der Waals surface area contributed by atoms with E-state index in [0.717, 1.165) is 22.6 Å². The molecule has 0 spiro atoms. The molecule has 0 aromatic heterocycles. The zero-order valence-electron chi connectivity index (χ0n) is 13.7. The van der Waals surface area contributed by atoms with Crippen LogP contribution >= 0.6 is 11.8 Å². The van der Waals surface area contributed by atoms with Crippen molar-refractivity contribution in [2.75, 3.05) is 23.8 Å². The number of hydrogen-bond donors (Lipinski definition) is 1. The Bertz CT molecular complexity index is 675. The summed E-state index contributed by atoms with van der Waals surface area (Å²) in [6.07, 6.45) is -4.47. The van der Waals surface area contributed by atoms with E-state index in [-0.39, 0.29) is 17.3 Å². The molecule has 26 heavy (non-hydrogen) atoms. The van der Waals surface area contributed by atoms with E-state index in [1.807, 2.05) is 0 Å². The van der Waals surface area contributed by atoms with Crippen LogP contribution in [0.25, 0.3) is 0 Å². The molecule has 0 fully saturated rings. The van der Waals surface area contributed by atoms with Crippen LogP contribution in [-0.2, 0) is 5.75 Å². The number of rotatable bonds is 8. The molecule has 0 heterocycles. The molecule has 2 rings (SSSR count). The maximum Gasteiger partial charge on any atom is 0.405 e. The van der Waals surface area contributed by atoms with Crippen molar-refractivity contribution in [1.29, 1.82) is 0 Å². The third-order valence-corrected chi connectivity index (χ3v) is 4.81. The Morgan fingerprint density at radius 1 is 0.923 bits per heavy atom. The van der Waals surface area contributed by atoms with Crippen molar-refractivity contribution in [1.82, 2.24) is 0 Å². The maximum absolute atomic E-state index is 13.1. The van der Waals surface area contributed by atoms with Gasteiger partial charge in [0.15, 0.2) is 0 Å². The topological polar surface area (TPSA) is 23.5 Å². The molecule has 0 radical (unpaired) electrons. The molecule has 2 aromatic carbocycles. The average Bonchev–Trinajstić information content (AvgIpc) is 2.59. The highest BCUT2D eigenvalue weighted by Crippen LogP contribution is 2.26. The largest absolute Gasteiger partial charge is 0.405 e. The van der Waals surface area contributed by atoms with E-state index in [9.17, 15) is 27.1 Å². The van der Waals surface area contributed by atoms with Gasteiger partial charge in [-0.2, -0.15) is 24.9 Å². The van der Waals surface area contributed by atoms with Crippen LogP contribution in [0, 0.1) is 11.6 Å². The lowest BCUT2D eigenvalue weighted by atomic mass is 10.2. The lowest BCUT2D eigenvalue weighted by Crippen LogP contribution is -2.45. The second-order valence-corrected chi connectivity index (χ2v) is 6.73. The smallest absolute Gasteiger partial charge is 0.394 e. The first kappa shape index (κ1) is 20.5. The minimum Gasteiger partial charge on any atom is -0.394 e. The molecule has 8 heteroatoms. The van der Waals surface area contributed by atoms with Crippen molar-refractivity contribution in [2.45, 2.75) is 18.0 Å². The Morgan fingerprint density at radius 2 is 1.46 bits per heavy atom. The Labute approximate surface area is 152 Å². The Balaban J connectivity index is 2.07. The fraction of sp³-hybridized carbons (Fsp3) is 0.333. The average molecular weight is 391 g/mol. The molecule has 2 aromatic rings. The zero-order chi connectivity index (χ0) is 19.2. The van der Waals surface area contributed by atoms with E-state index in [2.05, 4.69) is 0 Å². The Morgan fingerprint density at radius 3 is 1.96 bits per heavy atom. The molecule has 0 aliphatic rings. The van der Waals surface area contributed by atoms with Crippen molar-refractivity contribution in [2.24, 2.45) is 0 Å². The van der Waals surface area contributed by atoms with E-state index < -0.39 is 31.2 Å². The molecule has 1 N–H and O–H groups in total. The summed E-state index contributed by atoms with van der Waals surface area (Å²) in [5, 5.41) is 9.60. The summed E-state index contributed by atoms with van der Waals surface area (Å²) in [4.78, 5) is 1.02. The van der Waals surface area contributed by atoms with Gasteiger partial charge in [0.2, 0.25) is 0 Å². The highest BCUT2D eigenvalue weighted by Gasteiger charge is 2.34. The highest BCUT2D eigenvalue weighted by molar-refractivity contribution is 7.98. The lowest BCUT2D eigenvalue weighted by molar-refractivity contribution is -0.120. The number of nitrogens with zero attached hydrogens (tertiary/aromatic N) is 1. The minimum atomic E-state index is -4.47. The fourth-order valence-corrected chi connectivity index (χ4v) is 3.50. The minimum absolute atomic E-state index is 0.185. The predicted octanol–water partition coefficient (Wildman–Crippen LogP) is 4.63. The first-order valence-corrected chi connectivity index (χ1v) is 8.96. The van der Waals surface area contributed by atoms with Gasteiger partial charge in [0.1, 0.15) is 18.2 Å². The number of aliphatic hydroxyl groups excluding tert-OH is 1. The van der Waals surface area contributed by atoms with Crippen molar-refractivity contribution < 1.29 is 27.1 Å². The first-order chi connectivity index (χ1) is 12.3. The molecule has 0 bridgehead atoms. The van der Waals surface area contributed by atoms with Crippen molar-refractivity contribution >= 4 is 17.4 Å². The Hall–Kier alpha value is -1.80. The summed E-state index contributed by atoms with van der Waals surface area (Å²) in [6.45, 7) is -1.73. The molecular formula is C18H18F5NOS. The number of anilines is 1. The number of hydrogen-bond acceptors (Lipinski definition) is 3. The van der Waals surface area contributed by atoms with Gasteiger partial charge >= 0.3 is 6.18 Å². The molecule has 142 valence electrons. The summed E-state index contributed by atoms with van der Waals surface area (Å²) >= 11 is 1.33. The van der Waals surface area contributed by atoms with Gasteiger partial charge in [0.25, 0.3) is 0 Å². The molecule has 2 nitrogen and oxygen atoms in total. The Kier molecular flexibility index (Phi) is 7.28. The van der Waals surface area contributed by atoms with Crippen LogP contribution in [0.15, 0.2) is 48.5 Å². The van der Waals surface area contributed by atoms with Crippen molar-refractivity contribution in [3.05, 3.63) is 65.7 Å². The van der Waals surface area contributed by atoms with Crippen molar-refractivity contribution in [3.8, 4) is 0 Å². The predicted molar refractivity (Wildman–Crippen MR) is 93.2 cm³/mol. The standard InChI is InChI=1S/C18H18F5NOS/c19-14-3-1-13(2-4-14)10-26-11-17(9-25)24(12-18(21,22)23)16-7-5-15(20)6-8-16/h1-8,17,25H,9-12H2/t17-/m1/s1. The maximum atomic E-state index is 13.1. The van der Waals surface area contributed by atoms with Gasteiger partial charge in [-0.1, -0.05) is 12.1 Å². The van der Waals surface area contributed by atoms with Gasteiger partial charge in [-0.3, -0.25) is 0 Å². The quantitative estimate of drug-likeness (QED) is 0.664. The fourth-order valence-electron chi connectivity index (χ4n) is 2.39. The van der Waals surface area contributed by atoms with Gasteiger partial charge < -0.3 is 10.0 Å². The van der Waals surface area contributed by atoms with Gasteiger partial charge in [-0.15, -0.1) is 0 Å². The summed E-state index contributed by atoms with van der Waals surface area (Å²) in [7, 11) is 0. The van der Waals surface area contributed by atoms with E-state index >= 15 is 0 Å². The molecule has 0 aliphatic heterocycles. The second-order valence-electron chi connectivity index (χ2n) is 5.70. The van der Waals surface area contributed by atoms with Gasteiger partial charge in [0, 0.05) is 17.2 Å². The van der Waals surface area contributed by atoms with Gasteiger partial charge in [-0.25, -0.2) is 8.78 Å². The number of aliphatic hydroxyl groups is 1. The van der Waals surface area contributed by atoms with Crippen LogP contribution in [-0.4, -0.2) is 36.2 Å². The summed E-state index contributed by atoms with van der Waals surface area (Å²) in [5.41, 5.74) is 1.02. The van der Waals surface area contributed by atoms with Crippen molar-refractivity contribution in [3.63, 3.8) is 0 Å². The second kappa shape index (κ2) is 9.23. The summed E-state index contributed by atoms with van der Waals surface area (Å²) < 4.78 is 64.8. The molecule has 0 saturated heterocycles. The van der Waals surface area contributed by atoms with Crippen LogP contribution in [0.1, 0.15) is 5.56 Å². The number of alkyl halides is 3. The van der Waals surface area contributed by atoms with Crippen LogP contribution in [0.2, 0.25) is 0 Å². The lowest BCUT2D eigenvalue weighted by Gasteiger charge is -2.33. The van der Waals surface area contributed by atoms with E-state index in [1.54, 1.807) is 12.1 Å². The normalized spacial score (nSPS) is 12.8. The summed E-state index contributed by atoms with van der Waals surface area (Å²) in [6, 6.07) is 9.71. The zero-order valence-corrected chi connectivity index (χ0v) is 14.5. The van der Waals surface area contributed by atoms with Gasteiger partial charge in [-0.05, 0) is 42.0 Å². The number of thioether (sulfide) groups is 1. The SMILES string of the molecule is OC[C@H](CSCc1ccc(F)cc1)N(CC(F)(F)F)c1ccc(F)cc1. The van der Waals surface area contributed by atoms with Gasteiger partial charge in [0.05, 0.1) is 12.6 Å².